The van der Waals surface area contributed by atoms with E-state index in [0.29, 0.717) is 0 Å². The fraction of sp³-hybridized carbons (Fsp3) is 0.222. The Kier molecular flexibility index (Phi) is 2.69. The summed E-state index contributed by atoms with van der Waals surface area (Å²) in [4.78, 5) is 12.4. The predicted octanol–water partition coefficient (Wildman–Crippen LogP) is 1.69. The molecule has 1 amide bonds. The molecule has 0 aromatic heterocycles. The SMILES string of the molecule is COC(=O)N(C)c1c[c]ccc1. The third-order valence-corrected chi connectivity index (χ3v) is 1.53. The summed E-state index contributed by atoms with van der Waals surface area (Å²) in [5, 5.41) is 0. The first-order valence-electron chi connectivity index (χ1n) is 3.53. The van der Waals surface area contributed by atoms with Gasteiger partial charge in [0.05, 0.1) is 7.11 Å². The maximum Gasteiger partial charge on any atom is 0.413 e. The van der Waals surface area contributed by atoms with Crippen molar-refractivity contribution in [2.45, 2.75) is 0 Å². The van der Waals surface area contributed by atoms with Crippen LogP contribution in [0.5, 0.6) is 0 Å². The van der Waals surface area contributed by atoms with Crippen LogP contribution < -0.4 is 4.90 Å². The molecule has 0 aliphatic heterocycles. The lowest BCUT2D eigenvalue weighted by molar-refractivity contribution is 0.180. The summed E-state index contributed by atoms with van der Waals surface area (Å²) in [6, 6.07) is 9.99. The Labute approximate surface area is 71.6 Å². The largest absolute Gasteiger partial charge is 0.452 e. The monoisotopic (exact) mass is 164 g/mol. The second kappa shape index (κ2) is 3.76. The van der Waals surface area contributed by atoms with Gasteiger partial charge in [0, 0.05) is 12.7 Å². The first kappa shape index (κ1) is 8.59. The van der Waals surface area contributed by atoms with E-state index in [1.165, 1.54) is 12.0 Å². The van der Waals surface area contributed by atoms with Gasteiger partial charge in [0.2, 0.25) is 0 Å². The van der Waals surface area contributed by atoms with E-state index in [4.69, 9.17) is 0 Å². The number of methoxy groups -OCH3 is 1. The van der Waals surface area contributed by atoms with Gasteiger partial charge in [-0.3, -0.25) is 4.90 Å². The van der Waals surface area contributed by atoms with Crippen LogP contribution >= 0.6 is 0 Å². The van der Waals surface area contributed by atoms with Crippen LogP contribution in [0.15, 0.2) is 24.3 Å². The lowest BCUT2D eigenvalue weighted by Gasteiger charge is -2.14. The van der Waals surface area contributed by atoms with Crippen LogP contribution in [0.2, 0.25) is 0 Å². The van der Waals surface area contributed by atoms with Gasteiger partial charge in [-0.2, -0.15) is 0 Å². The van der Waals surface area contributed by atoms with E-state index in [9.17, 15) is 4.79 Å². The highest BCUT2D eigenvalue weighted by Gasteiger charge is 2.08. The molecule has 1 aromatic rings. The van der Waals surface area contributed by atoms with Crippen molar-refractivity contribution in [3.63, 3.8) is 0 Å². The Morgan fingerprint density at radius 3 is 2.92 bits per heavy atom. The van der Waals surface area contributed by atoms with Crippen molar-refractivity contribution < 1.29 is 9.53 Å². The first-order valence-corrected chi connectivity index (χ1v) is 3.53. The molecule has 0 atom stereocenters. The Hall–Kier alpha value is -1.51. The van der Waals surface area contributed by atoms with Crippen molar-refractivity contribution in [3.8, 4) is 0 Å². The highest BCUT2D eigenvalue weighted by Crippen LogP contribution is 2.10. The smallest absolute Gasteiger partial charge is 0.413 e. The number of hydrogen-bond acceptors (Lipinski definition) is 2. The molecule has 3 heteroatoms. The molecule has 0 N–H and O–H groups in total. The number of carbonyl (C=O) groups is 1. The second-order valence-electron chi connectivity index (χ2n) is 2.29. The van der Waals surface area contributed by atoms with E-state index in [-0.39, 0.29) is 6.09 Å². The summed E-state index contributed by atoms with van der Waals surface area (Å²) < 4.78 is 4.54. The second-order valence-corrected chi connectivity index (χ2v) is 2.29. The summed E-state index contributed by atoms with van der Waals surface area (Å²) in [5.41, 5.74) is 0.768. The lowest BCUT2D eigenvalue weighted by Crippen LogP contribution is -2.25. The Morgan fingerprint density at radius 1 is 1.67 bits per heavy atom. The minimum atomic E-state index is -0.380. The lowest BCUT2D eigenvalue weighted by atomic mass is 10.3. The number of ether oxygens (including phenoxy) is 1. The fourth-order valence-electron chi connectivity index (χ4n) is 0.835. The standard InChI is InChI=1S/C9H10NO2/c1-10(9(11)12-2)8-6-4-3-5-7-8/h3-4,6-7H,1-2H3. The summed E-state index contributed by atoms with van der Waals surface area (Å²) in [7, 11) is 3.00. The van der Waals surface area contributed by atoms with Gasteiger partial charge in [-0.05, 0) is 18.2 Å². The van der Waals surface area contributed by atoms with Crippen molar-refractivity contribution in [2.75, 3.05) is 19.1 Å². The van der Waals surface area contributed by atoms with Gasteiger partial charge < -0.3 is 4.74 Å². The molecule has 0 bridgehead atoms. The van der Waals surface area contributed by atoms with E-state index in [0.717, 1.165) is 5.69 Å². The van der Waals surface area contributed by atoms with Crippen LogP contribution in [0.1, 0.15) is 0 Å². The molecule has 0 saturated heterocycles. The van der Waals surface area contributed by atoms with Gasteiger partial charge in [0.25, 0.3) is 0 Å². The normalized spacial score (nSPS) is 9.17. The molecule has 63 valence electrons. The molecule has 1 radical (unpaired) electrons. The first-order chi connectivity index (χ1) is 5.75. The zero-order valence-corrected chi connectivity index (χ0v) is 7.07. The zero-order chi connectivity index (χ0) is 8.97. The van der Waals surface area contributed by atoms with Gasteiger partial charge in [0.1, 0.15) is 0 Å². The van der Waals surface area contributed by atoms with Gasteiger partial charge in [-0.25, -0.2) is 4.79 Å². The molecule has 3 nitrogen and oxygen atoms in total. The average Bonchev–Trinajstić information content (AvgIpc) is 2.17. The van der Waals surface area contributed by atoms with Crippen LogP contribution in [-0.4, -0.2) is 20.3 Å². The Morgan fingerprint density at radius 2 is 2.42 bits per heavy atom. The minimum absolute atomic E-state index is 0.380. The fourth-order valence-corrected chi connectivity index (χ4v) is 0.835. The van der Waals surface area contributed by atoms with Crippen molar-refractivity contribution in [3.05, 3.63) is 30.3 Å². The molecule has 1 rings (SSSR count). The van der Waals surface area contributed by atoms with Crippen molar-refractivity contribution in [1.29, 1.82) is 0 Å². The van der Waals surface area contributed by atoms with Crippen molar-refractivity contribution >= 4 is 11.8 Å². The molecular weight excluding hydrogens is 154 g/mol. The Balaban J connectivity index is 2.78. The van der Waals surface area contributed by atoms with Gasteiger partial charge >= 0.3 is 6.09 Å². The predicted molar refractivity (Wildman–Crippen MR) is 46.1 cm³/mol. The number of benzene rings is 1. The zero-order valence-electron chi connectivity index (χ0n) is 7.07. The van der Waals surface area contributed by atoms with Crippen molar-refractivity contribution in [2.24, 2.45) is 0 Å². The van der Waals surface area contributed by atoms with E-state index < -0.39 is 0 Å². The molecule has 0 spiro atoms. The van der Waals surface area contributed by atoms with Crippen LogP contribution in [0.3, 0.4) is 0 Å². The van der Waals surface area contributed by atoms with Crippen LogP contribution in [0, 0.1) is 6.07 Å². The van der Waals surface area contributed by atoms with Crippen LogP contribution in [0.4, 0.5) is 10.5 Å². The Bertz CT molecular complexity index is 258. The molecule has 0 aliphatic rings. The maximum atomic E-state index is 11.0. The number of anilines is 1. The molecule has 0 unspecified atom stereocenters. The maximum absolute atomic E-state index is 11.0. The van der Waals surface area contributed by atoms with Crippen LogP contribution in [0.25, 0.3) is 0 Å². The highest BCUT2D eigenvalue weighted by atomic mass is 16.5. The molecule has 1 aromatic carbocycles. The van der Waals surface area contributed by atoms with E-state index in [1.54, 1.807) is 19.2 Å². The summed E-state index contributed by atoms with van der Waals surface area (Å²) in [5.74, 6) is 0. The minimum Gasteiger partial charge on any atom is -0.452 e. The van der Waals surface area contributed by atoms with E-state index in [2.05, 4.69) is 10.8 Å². The third-order valence-electron chi connectivity index (χ3n) is 1.53. The highest BCUT2D eigenvalue weighted by molar-refractivity contribution is 5.86. The quantitative estimate of drug-likeness (QED) is 0.632. The van der Waals surface area contributed by atoms with Gasteiger partial charge in [-0.1, -0.05) is 12.1 Å². The third kappa shape index (κ3) is 1.75. The average molecular weight is 164 g/mol. The number of carbonyl (C=O) groups excluding carboxylic acids is 1. The van der Waals surface area contributed by atoms with Gasteiger partial charge in [-0.15, -0.1) is 0 Å². The van der Waals surface area contributed by atoms with E-state index in [1.807, 2.05) is 12.1 Å². The van der Waals surface area contributed by atoms with E-state index >= 15 is 0 Å². The molecule has 0 heterocycles. The molecule has 12 heavy (non-hydrogen) atoms. The number of hydrogen-bond donors (Lipinski definition) is 0. The number of amides is 1. The summed E-state index contributed by atoms with van der Waals surface area (Å²) in [6.07, 6.45) is -0.380. The number of rotatable bonds is 1. The molecule has 0 aliphatic carbocycles. The molecule has 0 saturated carbocycles. The molecular formula is C9H10NO2. The summed E-state index contributed by atoms with van der Waals surface area (Å²) in [6.45, 7) is 0. The summed E-state index contributed by atoms with van der Waals surface area (Å²) >= 11 is 0. The van der Waals surface area contributed by atoms with Gasteiger partial charge in [0.15, 0.2) is 0 Å². The molecule has 0 fully saturated rings. The topological polar surface area (TPSA) is 29.5 Å². The van der Waals surface area contributed by atoms with Crippen LogP contribution in [-0.2, 0) is 4.74 Å². The van der Waals surface area contributed by atoms with Crippen molar-refractivity contribution in [1.82, 2.24) is 0 Å². The number of nitrogens with zero attached hydrogens (tertiary/aromatic N) is 1.